The third-order valence-electron chi connectivity index (χ3n) is 9.36. The van der Waals surface area contributed by atoms with Crippen LogP contribution >= 0.6 is 0 Å². The second-order valence-corrected chi connectivity index (χ2v) is 12.4. The van der Waals surface area contributed by atoms with Gasteiger partial charge in [-0.15, -0.1) is 34.9 Å². The normalized spacial score (nSPS) is 12.1. The second-order valence-electron chi connectivity index (χ2n) is 12.4. The van der Waals surface area contributed by atoms with Crippen LogP contribution in [-0.4, -0.2) is 20.9 Å². The Morgan fingerprint density at radius 2 is 1.42 bits per heavy atom. The van der Waals surface area contributed by atoms with Gasteiger partial charge in [-0.3, -0.25) is 9.78 Å². The van der Waals surface area contributed by atoms with Crippen LogP contribution in [0.4, 0.5) is 0 Å². The summed E-state index contributed by atoms with van der Waals surface area (Å²) in [5.41, 5.74) is 7.41. The number of aliphatic hydroxyl groups excluding tert-OH is 1. The zero-order chi connectivity index (χ0) is 31.4. The Morgan fingerprint density at radius 1 is 0.837 bits per heavy atom. The Kier molecular flexibility index (Phi) is 12.4. The van der Waals surface area contributed by atoms with Gasteiger partial charge in [-0.2, -0.15) is 0 Å². The molecule has 0 saturated carbocycles. The van der Waals surface area contributed by atoms with Gasteiger partial charge in [0, 0.05) is 42.4 Å². The summed E-state index contributed by atoms with van der Waals surface area (Å²) in [6.45, 7) is 22.6. The number of fused-ring (bicyclic) bond motifs is 3. The summed E-state index contributed by atoms with van der Waals surface area (Å²) >= 11 is 0. The predicted molar refractivity (Wildman–Crippen MR) is 178 cm³/mol. The van der Waals surface area contributed by atoms with E-state index in [0.29, 0.717) is 0 Å². The van der Waals surface area contributed by atoms with Crippen molar-refractivity contribution in [2.24, 2.45) is 10.8 Å². The van der Waals surface area contributed by atoms with E-state index in [0.717, 1.165) is 53.7 Å². The van der Waals surface area contributed by atoms with E-state index in [4.69, 9.17) is 9.97 Å². The van der Waals surface area contributed by atoms with Gasteiger partial charge in [-0.25, -0.2) is 4.98 Å². The zero-order valence-corrected chi connectivity index (χ0v) is 30.3. The standard InChI is InChI=1S/C23H21N2.C15H28O2.Ir/c1-13-6-8-19(15(3)10-13)22-20-9-7-18-12-14(2)11-16(4)21(18)23(20)25-17(5)24-22;1-7-14(5,8-2)12(16)11-13(17)15(6,9-3)10-4;/h6-7,9-12H,1-5H3;11,16H,7-10H2,1-6H3;/q-1;;/b;12-11-;. The van der Waals surface area contributed by atoms with E-state index < -0.39 is 0 Å². The molecule has 0 aliphatic carbocycles. The Morgan fingerprint density at radius 3 is 1.98 bits per heavy atom. The number of hydrogen-bond donors (Lipinski definition) is 1. The average Bonchev–Trinajstić information content (AvgIpc) is 2.95. The number of carbonyl (C=O) groups is 1. The van der Waals surface area contributed by atoms with Crippen LogP contribution in [0.3, 0.4) is 0 Å². The molecule has 0 aliphatic heterocycles. The average molecular weight is 758 g/mol. The number of nitrogens with zero attached hydrogens (tertiary/aromatic N) is 2. The van der Waals surface area contributed by atoms with Crippen molar-refractivity contribution in [3.63, 3.8) is 0 Å². The number of aliphatic hydroxyl groups is 1. The van der Waals surface area contributed by atoms with Gasteiger partial charge < -0.3 is 5.11 Å². The minimum atomic E-state index is -0.337. The fourth-order valence-electron chi connectivity index (χ4n) is 5.44. The van der Waals surface area contributed by atoms with Gasteiger partial charge in [0.05, 0.1) is 5.52 Å². The SMILES string of the molecule is CCC(C)(CC)C(=O)/C=C(\O)C(C)(CC)CC.Cc1c[c-]c(-c2nc(C)nc3c2ccc2cc(C)cc(C)c23)c(C)c1.[Ir]. The third-order valence-corrected chi connectivity index (χ3v) is 9.36. The quantitative estimate of drug-likeness (QED) is 0.0842. The molecule has 0 aliphatic rings. The maximum Gasteiger partial charge on any atom is 0.164 e. The minimum absolute atomic E-state index is 0. The summed E-state index contributed by atoms with van der Waals surface area (Å²) in [6, 6.07) is 16.4. The first-order valence-electron chi connectivity index (χ1n) is 15.4. The van der Waals surface area contributed by atoms with Crippen LogP contribution in [0.15, 0.2) is 48.2 Å². The molecule has 233 valence electrons. The van der Waals surface area contributed by atoms with Crippen molar-refractivity contribution in [1.82, 2.24) is 9.97 Å². The number of rotatable bonds is 8. The Balaban J connectivity index is 0.000000318. The van der Waals surface area contributed by atoms with Crippen molar-refractivity contribution in [2.45, 2.75) is 102 Å². The van der Waals surface area contributed by atoms with Gasteiger partial charge in [-0.1, -0.05) is 85.2 Å². The number of aromatic nitrogens is 2. The van der Waals surface area contributed by atoms with Crippen molar-refractivity contribution in [3.05, 3.63) is 82.4 Å². The van der Waals surface area contributed by atoms with Gasteiger partial charge in [0.2, 0.25) is 0 Å². The van der Waals surface area contributed by atoms with E-state index in [1.54, 1.807) is 0 Å². The van der Waals surface area contributed by atoms with Crippen LogP contribution < -0.4 is 0 Å². The molecule has 43 heavy (non-hydrogen) atoms. The fourth-order valence-corrected chi connectivity index (χ4v) is 5.44. The number of allylic oxidation sites excluding steroid dienone is 2. The van der Waals surface area contributed by atoms with E-state index in [1.807, 2.05) is 54.5 Å². The van der Waals surface area contributed by atoms with E-state index in [-0.39, 0.29) is 42.5 Å². The fraction of sp³-hybridized carbons (Fsp3) is 0.447. The molecule has 5 heteroatoms. The molecule has 0 saturated heterocycles. The number of carbonyl (C=O) groups excluding carboxylic acids is 1. The minimum Gasteiger partial charge on any atom is -0.512 e. The Labute approximate surface area is 272 Å². The molecule has 0 unspecified atom stereocenters. The molecular formula is C38H49IrN2O2-. The number of ketones is 1. The molecule has 1 N–H and O–H groups in total. The van der Waals surface area contributed by atoms with E-state index in [9.17, 15) is 9.90 Å². The molecule has 0 spiro atoms. The van der Waals surface area contributed by atoms with Crippen LogP contribution in [-0.2, 0) is 24.9 Å². The molecule has 1 heterocycles. The van der Waals surface area contributed by atoms with Crippen LogP contribution in [0, 0.1) is 51.5 Å². The Bertz CT molecular complexity index is 1630. The smallest absolute Gasteiger partial charge is 0.164 e. The van der Waals surface area contributed by atoms with Crippen molar-refractivity contribution in [2.75, 3.05) is 0 Å². The number of benzene rings is 3. The summed E-state index contributed by atoms with van der Waals surface area (Å²) < 4.78 is 0. The summed E-state index contributed by atoms with van der Waals surface area (Å²) in [5.74, 6) is 1.08. The predicted octanol–water partition coefficient (Wildman–Crippen LogP) is 10.4. The molecule has 1 aromatic heterocycles. The van der Waals surface area contributed by atoms with E-state index >= 15 is 0 Å². The van der Waals surface area contributed by atoms with Gasteiger partial charge in [0.1, 0.15) is 11.6 Å². The number of aryl methyl sites for hydroxylation is 5. The third kappa shape index (κ3) is 7.80. The molecule has 4 rings (SSSR count). The van der Waals surface area contributed by atoms with Crippen LogP contribution in [0.2, 0.25) is 0 Å². The molecule has 0 atom stereocenters. The van der Waals surface area contributed by atoms with Gasteiger partial charge in [0.15, 0.2) is 5.78 Å². The summed E-state index contributed by atoms with van der Waals surface area (Å²) in [6.07, 6.45) is 4.75. The van der Waals surface area contributed by atoms with Crippen molar-refractivity contribution in [1.29, 1.82) is 0 Å². The van der Waals surface area contributed by atoms with Crippen molar-refractivity contribution < 1.29 is 30.0 Å². The molecule has 3 aromatic carbocycles. The molecule has 0 amide bonds. The number of hydrogen-bond acceptors (Lipinski definition) is 4. The molecule has 1 radical (unpaired) electrons. The zero-order valence-electron chi connectivity index (χ0n) is 28.0. The molecule has 4 aromatic rings. The molecular weight excluding hydrogens is 709 g/mol. The monoisotopic (exact) mass is 758 g/mol. The molecule has 0 fully saturated rings. The summed E-state index contributed by atoms with van der Waals surface area (Å²) in [7, 11) is 0. The van der Waals surface area contributed by atoms with Gasteiger partial charge >= 0.3 is 0 Å². The first-order chi connectivity index (χ1) is 19.7. The van der Waals surface area contributed by atoms with Gasteiger partial charge in [-0.05, 0) is 68.5 Å². The summed E-state index contributed by atoms with van der Waals surface area (Å²) in [5, 5.41) is 13.7. The largest absolute Gasteiger partial charge is 0.512 e. The first kappa shape index (κ1) is 36.3. The first-order valence-corrected chi connectivity index (χ1v) is 15.4. The molecule has 4 nitrogen and oxygen atoms in total. The van der Waals surface area contributed by atoms with E-state index in [1.165, 1.54) is 39.1 Å². The maximum absolute atomic E-state index is 12.2. The van der Waals surface area contributed by atoms with Crippen molar-refractivity contribution in [3.8, 4) is 11.3 Å². The van der Waals surface area contributed by atoms with E-state index in [2.05, 4.69) is 64.1 Å². The molecule has 0 bridgehead atoms. The maximum atomic E-state index is 12.2. The topological polar surface area (TPSA) is 63.1 Å². The Hall–Kier alpha value is -2.88. The second kappa shape index (κ2) is 14.7. The summed E-state index contributed by atoms with van der Waals surface area (Å²) in [4.78, 5) is 21.8. The van der Waals surface area contributed by atoms with Gasteiger partial charge in [0.25, 0.3) is 0 Å². The van der Waals surface area contributed by atoms with Crippen LogP contribution in [0.5, 0.6) is 0 Å². The van der Waals surface area contributed by atoms with Crippen LogP contribution in [0.25, 0.3) is 32.9 Å². The van der Waals surface area contributed by atoms with Crippen molar-refractivity contribution >= 4 is 27.5 Å². The van der Waals surface area contributed by atoms with Crippen LogP contribution in [0.1, 0.15) is 95.3 Å².